The van der Waals surface area contributed by atoms with Gasteiger partial charge in [-0.25, -0.2) is 0 Å². The predicted octanol–water partition coefficient (Wildman–Crippen LogP) is 0.315. The van der Waals surface area contributed by atoms with Crippen LogP contribution in [-0.4, -0.2) is 69.1 Å². The van der Waals surface area contributed by atoms with Gasteiger partial charge in [-0.3, -0.25) is 9.59 Å². The number of nitrogens with two attached hydrogens (primary N) is 1. The van der Waals surface area contributed by atoms with Gasteiger partial charge in [-0.05, 0) is 25.3 Å². The average molecular weight is 287 g/mol. The van der Waals surface area contributed by atoms with Crippen molar-refractivity contribution in [3.8, 4) is 0 Å². The lowest BCUT2D eigenvalue weighted by Crippen LogP contribution is -2.41. The van der Waals surface area contributed by atoms with Crippen molar-refractivity contribution in [3.63, 3.8) is 0 Å². The third-order valence-electron chi connectivity index (χ3n) is 3.25. The number of carbonyl (C=O) groups is 2. The van der Waals surface area contributed by atoms with E-state index < -0.39 is 0 Å². The van der Waals surface area contributed by atoms with Gasteiger partial charge in [0.25, 0.3) is 0 Å². The van der Waals surface area contributed by atoms with E-state index in [0.29, 0.717) is 32.0 Å². The summed E-state index contributed by atoms with van der Waals surface area (Å²) in [6.45, 7) is 3.72. The second-order valence-corrected chi connectivity index (χ2v) is 5.32. The molecular weight excluding hydrogens is 258 g/mol. The van der Waals surface area contributed by atoms with Crippen molar-refractivity contribution in [1.29, 1.82) is 0 Å². The first-order chi connectivity index (χ1) is 9.42. The largest absolute Gasteiger partial charge is 0.383 e. The molecule has 0 aromatic heterocycles. The Morgan fingerprint density at radius 2 is 1.85 bits per heavy atom. The minimum absolute atomic E-state index is 0.00104. The van der Waals surface area contributed by atoms with Crippen LogP contribution in [0.25, 0.3) is 0 Å². The molecule has 118 valence electrons. The van der Waals surface area contributed by atoms with Crippen molar-refractivity contribution < 1.29 is 14.3 Å². The molecule has 6 nitrogen and oxygen atoms in total. The Bertz CT molecular complexity index is 295. The molecule has 1 atom stereocenters. The van der Waals surface area contributed by atoms with E-state index in [2.05, 4.69) is 6.92 Å². The van der Waals surface area contributed by atoms with Crippen molar-refractivity contribution in [2.75, 3.05) is 47.4 Å². The number of likely N-dealkylation sites (N-methyl/N-ethyl adjacent to an activating group) is 1. The monoisotopic (exact) mass is 287 g/mol. The van der Waals surface area contributed by atoms with Crippen LogP contribution in [0.15, 0.2) is 0 Å². The zero-order valence-corrected chi connectivity index (χ0v) is 13.2. The van der Waals surface area contributed by atoms with Crippen LogP contribution in [0.5, 0.6) is 0 Å². The first-order valence-corrected chi connectivity index (χ1v) is 7.09. The molecule has 0 fully saturated rings. The fourth-order valence-corrected chi connectivity index (χ4v) is 1.75. The number of ether oxygens (including phenoxy) is 1. The van der Waals surface area contributed by atoms with Crippen LogP contribution in [0.1, 0.15) is 26.2 Å². The smallest absolute Gasteiger partial charge is 0.241 e. The van der Waals surface area contributed by atoms with E-state index in [9.17, 15) is 9.59 Å². The molecule has 0 bridgehead atoms. The normalized spacial score (nSPS) is 12.1. The first kappa shape index (κ1) is 18.9. The Morgan fingerprint density at radius 1 is 1.20 bits per heavy atom. The quantitative estimate of drug-likeness (QED) is 0.627. The minimum atomic E-state index is -0.0792. The van der Waals surface area contributed by atoms with Gasteiger partial charge in [0.2, 0.25) is 11.8 Å². The van der Waals surface area contributed by atoms with Crippen molar-refractivity contribution in [2.45, 2.75) is 26.2 Å². The average Bonchev–Trinajstić information content (AvgIpc) is 2.40. The summed E-state index contributed by atoms with van der Waals surface area (Å²) in [5.41, 5.74) is 5.50. The molecule has 6 heteroatoms. The summed E-state index contributed by atoms with van der Waals surface area (Å²) in [5, 5.41) is 0. The Morgan fingerprint density at radius 3 is 2.35 bits per heavy atom. The van der Waals surface area contributed by atoms with Gasteiger partial charge < -0.3 is 20.3 Å². The van der Waals surface area contributed by atoms with Crippen LogP contribution in [0.3, 0.4) is 0 Å². The fourth-order valence-electron chi connectivity index (χ4n) is 1.75. The molecule has 2 amide bonds. The van der Waals surface area contributed by atoms with E-state index in [1.54, 1.807) is 26.1 Å². The lowest BCUT2D eigenvalue weighted by Gasteiger charge is -2.24. The molecule has 0 spiro atoms. The number of amides is 2. The highest BCUT2D eigenvalue weighted by molar-refractivity contribution is 5.84. The highest BCUT2D eigenvalue weighted by Gasteiger charge is 2.18. The lowest BCUT2D eigenvalue weighted by molar-refractivity contribution is -0.139. The lowest BCUT2D eigenvalue weighted by atomic mass is 10.0. The molecule has 0 saturated heterocycles. The summed E-state index contributed by atoms with van der Waals surface area (Å²) in [6, 6.07) is 0. The second-order valence-electron chi connectivity index (χ2n) is 5.32. The Balaban J connectivity index is 4.36. The summed E-state index contributed by atoms with van der Waals surface area (Å²) in [7, 11) is 4.95. The van der Waals surface area contributed by atoms with Crippen molar-refractivity contribution in [2.24, 2.45) is 11.7 Å². The van der Waals surface area contributed by atoms with Crippen molar-refractivity contribution >= 4 is 11.8 Å². The van der Waals surface area contributed by atoms with Gasteiger partial charge >= 0.3 is 0 Å². The molecule has 0 saturated carbocycles. The SMILES string of the molecule is COCCN(CC(=O)N(C)C)C(=O)CCC(C)CCN. The molecule has 1 unspecified atom stereocenters. The van der Waals surface area contributed by atoms with Crippen LogP contribution in [0.4, 0.5) is 0 Å². The predicted molar refractivity (Wildman–Crippen MR) is 79.2 cm³/mol. The minimum Gasteiger partial charge on any atom is -0.383 e. The fraction of sp³-hybridized carbons (Fsp3) is 0.857. The molecule has 0 aliphatic carbocycles. The molecule has 0 heterocycles. The number of hydrogen-bond donors (Lipinski definition) is 1. The molecule has 20 heavy (non-hydrogen) atoms. The van der Waals surface area contributed by atoms with Gasteiger partial charge in [-0.1, -0.05) is 6.92 Å². The molecule has 0 radical (unpaired) electrons. The van der Waals surface area contributed by atoms with E-state index in [-0.39, 0.29) is 18.4 Å². The summed E-state index contributed by atoms with van der Waals surface area (Å²) in [4.78, 5) is 27.0. The van der Waals surface area contributed by atoms with E-state index >= 15 is 0 Å². The maximum absolute atomic E-state index is 12.2. The molecule has 0 aliphatic rings. The van der Waals surface area contributed by atoms with Gasteiger partial charge in [0, 0.05) is 34.2 Å². The van der Waals surface area contributed by atoms with E-state index in [1.165, 1.54) is 4.90 Å². The highest BCUT2D eigenvalue weighted by Crippen LogP contribution is 2.10. The topological polar surface area (TPSA) is 75.9 Å². The van der Waals surface area contributed by atoms with Crippen molar-refractivity contribution in [1.82, 2.24) is 9.80 Å². The van der Waals surface area contributed by atoms with Gasteiger partial charge in [0.05, 0.1) is 13.2 Å². The highest BCUT2D eigenvalue weighted by atomic mass is 16.5. The molecule has 0 aliphatic heterocycles. The molecule has 2 N–H and O–H groups in total. The van der Waals surface area contributed by atoms with Crippen LogP contribution in [-0.2, 0) is 14.3 Å². The first-order valence-electron chi connectivity index (χ1n) is 7.09. The zero-order valence-electron chi connectivity index (χ0n) is 13.2. The third kappa shape index (κ3) is 8.12. The van der Waals surface area contributed by atoms with Crippen LogP contribution < -0.4 is 5.73 Å². The third-order valence-corrected chi connectivity index (χ3v) is 3.25. The Hall–Kier alpha value is -1.14. The van der Waals surface area contributed by atoms with E-state index in [4.69, 9.17) is 10.5 Å². The standard InChI is InChI=1S/C14H29N3O3/c1-12(7-8-15)5-6-13(18)17(9-10-20-4)11-14(19)16(2)3/h12H,5-11,15H2,1-4H3. The molecule has 0 aromatic carbocycles. The Labute approximate surface area is 122 Å². The number of rotatable bonds is 10. The van der Waals surface area contributed by atoms with Crippen molar-refractivity contribution in [3.05, 3.63) is 0 Å². The molecule has 0 rings (SSSR count). The van der Waals surface area contributed by atoms with Gasteiger partial charge in [-0.15, -0.1) is 0 Å². The number of nitrogens with zero attached hydrogens (tertiary/aromatic N) is 2. The number of carbonyl (C=O) groups excluding carboxylic acids is 2. The van der Waals surface area contributed by atoms with Crippen LogP contribution >= 0.6 is 0 Å². The second kappa shape index (κ2) is 10.6. The van der Waals surface area contributed by atoms with Gasteiger partial charge in [0.15, 0.2) is 0 Å². The Kier molecular flexibility index (Phi) is 10.0. The van der Waals surface area contributed by atoms with Crippen LogP contribution in [0.2, 0.25) is 0 Å². The van der Waals surface area contributed by atoms with E-state index in [0.717, 1.165) is 12.8 Å². The summed E-state index contributed by atoms with van der Waals surface area (Å²) >= 11 is 0. The maximum atomic E-state index is 12.2. The van der Waals surface area contributed by atoms with Crippen LogP contribution in [0, 0.1) is 5.92 Å². The molecule has 0 aromatic rings. The van der Waals surface area contributed by atoms with Gasteiger partial charge in [0.1, 0.15) is 0 Å². The summed E-state index contributed by atoms with van der Waals surface area (Å²) < 4.78 is 4.99. The number of methoxy groups -OCH3 is 1. The van der Waals surface area contributed by atoms with Gasteiger partial charge in [-0.2, -0.15) is 0 Å². The van der Waals surface area contributed by atoms with E-state index in [1.807, 2.05) is 0 Å². The maximum Gasteiger partial charge on any atom is 0.241 e. The molecular formula is C14H29N3O3. The zero-order chi connectivity index (χ0) is 15.5. The summed E-state index contributed by atoms with van der Waals surface area (Å²) in [6.07, 6.45) is 2.17. The summed E-state index contributed by atoms with van der Waals surface area (Å²) in [5.74, 6) is 0.350. The number of hydrogen-bond acceptors (Lipinski definition) is 4.